The third-order valence-corrected chi connectivity index (χ3v) is 1.72. The smallest absolute Gasteiger partial charge is 0.375 e. The normalized spacial score (nSPS) is 11.2. The minimum Gasteiger partial charge on any atom is -0.475 e. The van der Waals surface area contributed by atoms with E-state index in [-0.39, 0.29) is 12.8 Å². The van der Waals surface area contributed by atoms with Gasteiger partial charge < -0.3 is 5.11 Å². The predicted octanol–water partition coefficient (Wildman–Crippen LogP) is 1.17. The van der Waals surface area contributed by atoms with Crippen LogP contribution in [0.5, 0.6) is 0 Å². The van der Waals surface area contributed by atoms with E-state index in [9.17, 15) is 14.0 Å². The Kier molecular flexibility index (Phi) is 3.17. The topological polar surface area (TPSA) is 54.4 Å². The van der Waals surface area contributed by atoms with Crippen molar-refractivity contribution in [3.8, 4) is 0 Å². The summed E-state index contributed by atoms with van der Waals surface area (Å²) >= 11 is 0. The summed E-state index contributed by atoms with van der Waals surface area (Å²) < 4.78 is 13.2. The van der Waals surface area contributed by atoms with E-state index in [1.807, 2.05) is 0 Å². The first-order valence-electron chi connectivity index (χ1n) is 3.44. The molecule has 1 N–H and O–H groups in total. The number of hydrogen-bond donors (Lipinski definition) is 1. The number of carboxylic acid groups (broad SMARTS) is 1. The Bertz CT molecular complexity index is 173. The standard InChI is InChI=1S/C7H11FO3/c1-3-7(8,4-2)5(9)6(10)11/h3-4H2,1-2H3,(H,10,11). The van der Waals surface area contributed by atoms with E-state index in [2.05, 4.69) is 0 Å². The zero-order valence-electron chi connectivity index (χ0n) is 6.56. The Balaban J connectivity index is 4.50. The monoisotopic (exact) mass is 162 g/mol. The highest BCUT2D eigenvalue weighted by Crippen LogP contribution is 2.21. The van der Waals surface area contributed by atoms with Crippen molar-refractivity contribution in [2.45, 2.75) is 32.4 Å². The SMILES string of the molecule is CCC(F)(CC)C(=O)C(=O)O. The second kappa shape index (κ2) is 3.46. The Labute approximate surface area is 64.2 Å². The van der Waals surface area contributed by atoms with Crippen molar-refractivity contribution in [2.75, 3.05) is 0 Å². The molecule has 64 valence electrons. The van der Waals surface area contributed by atoms with Crippen LogP contribution < -0.4 is 0 Å². The fourth-order valence-electron chi connectivity index (χ4n) is 0.763. The summed E-state index contributed by atoms with van der Waals surface area (Å²) in [5.74, 6) is -3.04. The molecule has 0 bridgehead atoms. The number of aliphatic carboxylic acids is 1. The number of alkyl halides is 1. The van der Waals surface area contributed by atoms with Gasteiger partial charge in [0.25, 0.3) is 5.78 Å². The Morgan fingerprint density at radius 1 is 1.36 bits per heavy atom. The molecule has 11 heavy (non-hydrogen) atoms. The first-order valence-corrected chi connectivity index (χ1v) is 3.44. The average molecular weight is 162 g/mol. The molecule has 0 aliphatic carbocycles. The Morgan fingerprint density at radius 3 is 1.82 bits per heavy atom. The lowest BCUT2D eigenvalue weighted by atomic mass is 9.94. The molecule has 0 saturated heterocycles. The van der Waals surface area contributed by atoms with Crippen molar-refractivity contribution in [3.63, 3.8) is 0 Å². The van der Waals surface area contributed by atoms with Gasteiger partial charge in [-0.05, 0) is 12.8 Å². The van der Waals surface area contributed by atoms with Crippen molar-refractivity contribution in [1.29, 1.82) is 0 Å². The molecule has 0 rings (SSSR count). The van der Waals surface area contributed by atoms with Crippen molar-refractivity contribution in [2.24, 2.45) is 0 Å². The molecule has 0 aromatic carbocycles. The van der Waals surface area contributed by atoms with Gasteiger partial charge in [-0.25, -0.2) is 9.18 Å². The summed E-state index contributed by atoms with van der Waals surface area (Å²) in [6, 6.07) is 0. The van der Waals surface area contributed by atoms with Gasteiger partial charge in [-0.1, -0.05) is 13.8 Å². The van der Waals surface area contributed by atoms with Crippen molar-refractivity contribution in [1.82, 2.24) is 0 Å². The molecule has 0 spiro atoms. The maximum Gasteiger partial charge on any atom is 0.375 e. The predicted molar refractivity (Wildman–Crippen MR) is 37.1 cm³/mol. The zero-order chi connectivity index (χ0) is 9.07. The van der Waals surface area contributed by atoms with Crippen LogP contribution in [0.25, 0.3) is 0 Å². The molecule has 0 saturated carbocycles. The highest BCUT2D eigenvalue weighted by Gasteiger charge is 2.38. The number of Topliss-reactive ketones (excluding diaryl/α,β-unsaturated/α-hetero) is 1. The van der Waals surface area contributed by atoms with E-state index in [4.69, 9.17) is 5.11 Å². The number of hydrogen-bond acceptors (Lipinski definition) is 2. The van der Waals surface area contributed by atoms with Gasteiger partial charge in [0.05, 0.1) is 0 Å². The van der Waals surface area contributed by atoms with Crippen LogP contribution in [0.2, 0.25) is 0 Å². The molecule has 0 fully saturated rings. The van der Waals surface area contributed by atoms with Crippen molar-refractivity contribution in [3.05, 3.63) is 0 Å². The minimum absolute atomic E-state index is 0.0887. The average Bonchev–Trinajstić information content (AvgIpc) is 2.01. The summed E-state index contributed by atoms with van der Waals surface area (Å²) in [6.07, 6.45) is -0.177. The maximum absolute atomic E-state index is 13.2. The van der Waals surface area contributed by atoms with Crippen LogP contribution in [0, 0.1) is 0 Å². The molecular formula is C7H11FO3. The summed E-state index contributed by atoms with van der Waals surface area (Å²) in [5.41, 5.74) is -2.17. The number of carboxylic acids is 1. The Hall–Kier alpha value is -0.930. The van der Waals surface area contributed by atoms with Gasteiger partial charge in [-0.3, -0.25) is 4.79 Å². The van der Waals surface area contributed by atoms with Gasteiger partial charge in [0, 0.05) is 0 Å². The van der Waals surface area contributed by atoms with E-state index in [0.717, 1.165) is 0 Å². The number of carbonyl (C=O) groups is 2. The third-order valence-electron chi connectivity index (χ3n) is 1.72. The van der Waals surface area contributed by atoms with Crippen LogP contribution in [0.15, 0.2) is 0 Å². The summed E-state index contributed by atoms with van der Waals surface area (Å²) in [6.45, 7) is 2.90. The fraction of sp³-hybridized carbons (Fsp3) is 0.714. The summed E-state index contributed by atoms with van der Waals surface area (Å²) in [5, 5.41) is 8.19. The first kappa shape index (κ1) is 10.1. The molecule has 0 heterocycles. The second-order valence-corrected chi connectivity index (χ2v) is 2.31. The lowest BCUT2D eigenvalue weighted by Crippen LogP contribution is -2.37. The van der Waals surface area contributed by atoms with Gasteiger partial charge >= 0.3 is 5.97 Å². The van der Waals surface area contributed by atoms with Crippen LogP contribution in [-0.2, 0) is 9.59 Å². The van der Waals surface area contributed by atoms with Crippen molar-refractivity contribution >= 4 is 11.8 Å². The van der Waals surface area contributed by atoms with E-state index in [1.54, 1.807) is 0 Å². The van der Waals surface area contributed by atoms with E-state index < -0.39 is 17.4 Å². The van der Waals surface area contributed by atoms with Crippen LogP contribution >= 0.6 is 0 Å². The molecule has 0 amide bonds. The van der Waals surface area contributed by atoms with Gasteiger partial charge in [0.2, 0.25) is 0 Å². The molecule has 0 aromatic rings. The lowest BCUT2D eigenvalue weighted by molar-refractivity contribution is -0.155. The molecule has 0 atom stereocenters. The molecule has 4 heteroatoms. The third kappa shape index (κ3) is 2.00. The van der Waals surface area contributed by atoms with Crippen LogP contribution in [-0.4, -0.2) is 22.5 Å². The molecule has 0 aromatic heterocycles. The molecule has 0 radical (unpaired) electrons. The van der Waals surface area contributed by atoms with Gasteiger partial charge in [0.15, 0.2) is 5.67 Å². The summed E-state index contributed by atoms with van der Waals surface area (Å²) in [4.78, 5) is 20.7. The van der Waals surface area contributed by atoms with Crippen LogP contribution in [0.3, 0.4) is 0 Å². The van der Waals surface area contributed by atoms with Gasteiger partial charge in [-0.15, -0.1) is 0 Å². The summed E-state index contributed by atoms with van der Waals surface area (Å²) in [7, 11) is 0. The van der Waals surface area contributed by atoms with Gasteiger partial charge in [-0.2, -0.15) is 0 Å². The molecular weight excluding hydrogens is 151 g/mol. The van der Waals surface area contributed by atoms with Crippen LogP contribution in [0.1, 0.15) is 26.7 Å². The molecule has 0 aliphatic rings. The largest absolute Gasteiger partial charge is 0.475 e. The van der Waals surface area contributed by atoms with E-state index >= 15 is 0 Å². The fourth-order valence-corrected chi connectivity index (χ4v) is 0.763. The quantitative estimate of drug-likeness (QED) is 0.631. The number of carbonyl (C=O) groups excluding carboxylic acids is 1. The van der Waals surface area contributed by atoms with Gasteiger partial charge in [0.1, 0.15) is 0 Å². The minimum atomic E-state index is -2.17. The zero-order valence-corrected chi connectivity index (χ0v) is 6.56. The highest BCUT2D eigenvalue weighted by atomic mass is 19.1. The number of halogens is 1. The molecule has 0 aliphatic heterocycles. The first-order chi connectivity index (χ1) is 4.98. The number of rotatable bonds is 4. The van der Waals surface area contributed by atoms with E-state index in [0.29, 0.717) is 0 Å². The highest BCUT2D eigenvalue weighted by molar-refractivity contribution is 6.36. The molecule has 0 unspecified atom stereocenters. The Morgan fingerprint density at radius 2 is 1.73 bits per heavy atom. The second-order valence-electron chi connectivity index (χ2n) is 2.31. The van der Waals surface area contributed by atoms with E-state index in [1.165, 1.54) is 13.8 Å². The lowest BCUT2D eigenvalue weighted by Gasteiger charge is -2.16. The molecule has 3 nitrogen and oxygen atoms in total. The van der Waals surface area contributed by atoms with Crippen molar-refractivity contribution < 1.29 is 19.1 Å². The van der Waals surface area contributed by atoms with Crippen LogP contribution in [0.4, 0.5) is 4.39 Å². The number of ketones is 1. The maximum atomic E-state index is 13.2.